The highest BCUT2D eigenvalue weighted by Gasteiger charge is 2.46. The second-order valence-corrected chi connectivity index (χ2v) is 8.73. The van der Waals surface area contributed by atoms with Crippen LogP contribution in [0.5, 0.6) is 5.75 Å². The molecule has 2 aromatic carbocycles. The number of aromatic nitrogens is 1. The van der Waals surface area contributed by atoms with Gasteiger partial charge in [0.25, 0.3) is 11.7 Å². The van der Waals surface area contributed by atoms with Crippen LogP contribution < -0.4 is 4.74 Å². The van der Waals surface area contributed by atoms with Gasteiger partial charge in [-0.2, -0.15) is 0 Å². The van der Waals surface area contributed by atoms with Gasteiger partial charge in [-0.25, -0.2) is 0 Å². The Morgan fingerprint density at radius 2 is 1.97 bits per heavy atom. The van der Waals surface area contributed by atoms with Crippen LogP contribution in [0.3, 0.4) is 0 Å². The number of hydrogen-bond donors (Lipinski definition) is 1. The molecule has 0 bridgehead atoms. The molecule has 3 aromatic rings. The van der Waals surface area contributed by atoms with E-state index in [2.05, 4.69) is 4.98 Å². The minimum atomic E-state index is -0.758. The molecule has 0 spiro atoms. The van der Waals surface area contributed by atoms with Gasteiger partial charge in [-0.15, -0.1) is 0 Å². The summed E-state index contributed by atoms with van der Waals surface area (Å²) in [6, 6.07) is 15.1. The average molecular weight is 461 g/mol. The van der Waals surface area contributed by atoms with Gasteiger partial charge in [0.05, 0.1) is 11.6 Å². The smallest absolute Gasteiger partial charge is 0.295 e. The molecule has 2 aliphatic heterocycles. The number of amides is 1. The molecular weight excluding hydrogens is 440 g/mol. The van der Waals surface area contributed by atoms with Crippen molar-refractivity contribution < 1.29 is 19.4 Å². The number of hydrogen-bond acceptors (Lipinski definition) is 5. The van der Waals surface area contributed by atoms with Gasteiger partial charge in [-0.3, -0.25) is 14.6 Å². The van der Waals surface area contributed by atoms with E-state index in [9.17, 15) is 14.7 Å². The predicted octanol–water partition coefficient (Wildman–Crippen LogP) is 4.68. The van der Waals surface area contributed by atoms with E-state index >= 15 is 0 Å². The lowest BCUT2D eigenvalue weighted by molar-refractivity contribution is -0.140. The monoisotopic (exact) mass is 460 g/mol. The molecule has 3 heterocycles. The molecule has 0 aliphatic carbocycles. The first-order valence-corrected chi connectivity index (χ1v) is 11.0. The summed E-state index contributed by atoms with van der Waals surface area (Å²) < 4.78 is 5.74. The number of ether oxygens (including phenoxy) is 1. The lowest BCUT2D eigenvalue weighted by Gasteiger charge is -2.25. The highest BCUT2D eigenvalue weighted by Crippen LogP contribution is 2.41. The lowest BCUT2D eigenvalue weighted by Crippen LogP contribution is -2.29. The molecule has 5 rings (SSSR count). The Hall–Kier alpha value is -3.64. The maximum atomic E-state index is 13.2. The number of halogens is 1. The number of aliphatic hydroxyl groups is 1. The minimum absolute atomic E-state index is 0.0523. The van der Waals surface area contributed by atoms with Gasteiger partial charge < -0.3 is 14.7 Å². The zero-order chi connectivity index (χ0) is 23.1. The topological polar surface area (TPSA) is 79.7 Å². The van der Waals surface area contributed by atoms with E-state index in [1.165, 1.54) is 4.90 Å². The molecule has 166 valence electrons. The fourth-order valence-corrected chi connectivity index (χ4v) is 4.57. The first kappa shape index (κ1) is 21.2. The summed E-state index contributed by atoms with van der Waals surface area (Å²) in [4.78, 5) is 31.9. The summed E-state index contributed by atoms with van der Waals surface area (Å²) in [5, 5.41) is 11.8. The molecule has 0 saturated carbocycles. The summed E-state index contributed by atoms with van der Waals surface area (Å²) in [6.07, 6.45) is 4.07. The van der Waals surface area contributed by atoms with Crippen molar-refractivity contribution in [3.05, 3.63) is 99.8 Å². The fourth-order valence-electron chi connectivity index (χ4n) is 4.45. The Balaban J connectivity index is 1.62. The lowest BCUT2D eigenvalue weighted by atomic mass is 9.94. The van der Waals surface area contributed by atoms with Gasteiger partial charge in [0.15, 0.2) is 0 Å². The SMILES string of the molecule is CC1Cc2cc(C(O)=C3C(=O)C(=O)N(Cc4cccnc4)C3c3ccc(Cl)cc3)ccc2O1. The Morgan fingerprint density at radius 1 is 1.18 bits per heavy atom. The molecule has 1 aromatic heterocycles. The van der Waals surface area contributed by atoms with Crippen molar-refractivity contribution in [3.8, 4) is 5.75 Å². The summed E-state index contributed by atoms with van der Waals surface area (Å²) in [5.41, 5.74) is 2.95. The Kier molecular flexibility index (Phi) is 5.38. The maximum Gasteiger partial charge on any atom is 0.295 e. The third-order valence-corrected chi connectivity index (χ3v) is 6.22. The number of rotatable bonds is 4. The van der Waals surface area contributed by atoms with Gasteiger partial charge >= 0.3 is 0 Å². The van der Waals surface area contributed by atoms with Crippen LogP contribution in [0.1, 0.15) is 35.2 Å². The quantitative estimate of drug-likeness (QED) is 0.347. The van der Waals surface area contributed by atoms with Crippen LogP contribution in [-0.4, -0.2) is 32.8 Å². The number of Topliss-reactive ketones (excluding diaryl/α,β-unsaturated/α-hetero) is 1. The molecule has 1 fully saturated rings. The van der Waals surface area contributed by atoms with E-state index in [0.29, 0.717) is 22.6 Å². The molecule has 1 N–H and O–H groups in total. The third kappa shape index (κ3) is 3.87. The van der Waals surface area contributed by atoms with E-state index in [-0.39, 0.29) is 24.0 Å². The highest BCUT2D eigenvalue weighted by molar-refractivity contribution is 6.46. The normalized spacial score (nSPS) is 21.2. The van der Waals surface area contributed by atoms with Gasteiger partial charge in [0.1, 0.15) is 17.6 Å². The van der Waals surface area contributed by atoms with Crippen molar-refractivity contribution in [1.82, 2.24) is 9.88 Å². The van der Waals surface area contributed by atoms with Gasteiger partial charge in [-0.05, 0) is 60.0 Å². The van der Waals surface area contributed by atoms with E-state index in [1.807, 2.05) is 19.1 Å². The summed E-state index contributed by atoms with van der Waals surface area (Å²) in [6.45, 7) is 2.15. The van der Waals surface area contributed by atoms with E-state index in [4.69, 9.17) is 16.3 Å². The summed E-state index contributed by atoms with van der Waals surface area (Å²) >= 11 is 6.07. The minimum Gasteiger partial charge on any atom is -0.507 e. The number of pyridine rings is 1. The maximum absolute atomic E-state index is 13.2. The molecule has 1 saturated heterocycles. The van der Waals surface area contributed by atoms with E-state index in [0.717, 1.165) is 16.9 Å². The van der Waals surface area contributed by atoms with Crippen molar-refractivity contribution in [2.24, 2.45) is 0 Å². The van der Waals surface area contributed by atoms with Crippen molar-refractivity contribution in [3.63, 3.8) is 0 Å². The van der Waals surface area contributed by atoms with Crippen LogP contribution in [0.15, 0.2) is 72.6 Å². The van der Waals surface area contributed by atoms with Crippen molar-refractivity contribution >= 4 is 29.1 Å². The zero-order valence-electron chi connectivity index (χ0n) is 17.9. The molecule has 2 atom stereocenters. The number of benzene rings is 2. The molecular formula is C26H21ClN2O4. The summed E-state index contributed by atoms with van der Waals surface area (Å²) in [5.74, 6) is -0.824. The van der Waals surface area contributed by atoms with Crippen molar-refractivity contribution in [1.29, 1.82) is 0 Å². The number of aliphatic hydroxyl groups excluding tert-OH is 1. The summed E-state index contributed by atoms with van der Waals surface area (Å²) in [7, 11) is 0. The zero-order valence-corrected chi connectivity index (χ0v) is 18.6. The number of ketones is 1. The van der Waals surface area contributed by atoms with E-state index in [1.54, 1.807) is 54.9 Å². The van der Waals surface area contributed by atoms with Gasteiger partial charge in [0.2, 0.25) is 0 Å². The number of likely N-dealkylation sites (tertiary alicyclic amines) is 1. The first-order valence-electron chi connectivity index (χ1n) is 10.6. The average Bonchev–Trinajstić information content (AvgIpc) is 3.31. The number of fused-ring (bicyclic) bond motifs is 1. The van der Waals surface area contributed by atoms with Crippen LogP contribution in [0.4, 0.5) is 0 Å². The van der Waals surface area contributed by atoms with Crippen LogP contribution >= 0.6 is 11.6 Å². The molecule has 7 heteroatoms. The predicted molar refractivity (Wildman–Crippen MR) is 124 cm³/mol. The van der Waals surface area contributed by atoms with Crippen LogP contribution in [0.25, 0.3) is 5.76 Å². The van der Waals surface area contributed by atoms with Crippen LogP contribution in [0, 0.1) is 0 Å². The Morgan fingerprint density at radius 3 is 2.70 bits per heavy atom. The largest absolute Gasteiger partial charge is 0.507 e. The standard InChI is InChI=1S/C26H21ClN2O4/c1-15-11-19-12-18(6-9-21(19)33-15)24(30)22-23(17-4-7-20(27)8-5-17)29(26(32)25(22)31)14-16-3-2-10-28-13-16/h2-10,12-13,15,23,30H,11,14H2,1H3. The molecule has 2 unspecified atom stereocenters. The molecule has 2 aliphatic rings. The number of nitrogens with zero attached hydrogens (tertiary/aromatic N) is 2. The van der Waals surface area contributed by atoms with E-state index < -0.39 is 17.7 Å². The molecule has 0 radical (unpaired) electrons. The Bertz CT molecular complexity index is 1270. The first-order chi connectivity index (χ1) is 15.9. The second-order valence-electron chi connectivity index (χ2n) is 8.29. The van der Waals surface area contributed by atoms with Gasteiger partial charge in [-0.1, -0.05) is 29.8 Å². The number of carbonyl (C=O) groups is 2. The highest BCUT2D eigenvalue weighted by atomic mass is 35.5. The third-order valence-electron chi connectivity index (χ3n) is 5.97. The second kappa shape index (κ2) is 8.37. The Labute approximate surface area is 196 Å². The number of carbonyl (C=O) groups excluding carboxylic acids is 2. The van der Waals surface area contributed by atoms with Gasteiger partial charge in [0, 0.05) is 35.9 Å². The van der Waals surface area contributed by atoms with Crippen molar-refractivity contribution in [2.45, 2.75) is 32.0 Å². The molecule has 6 nitrogen and oxygen atoms in total. The van der Waals surface area contributed by atoms with Crippen molar-refractivity contribution in [2.75, 3.05) is 0 Å². The molecule has 1 amide bonds. The molecule has 33 heavy (non-hydrogen) atoms. The fraction of sp³-hybridized carbons (Fsp3) is 0.192. The van der Waals surface area contributed by atoms with Crippen LogP contribution in [-0.2, 0) is 22.6 Å². The van der Waals surface area contributed by atoms with Crippen LogP contribution in [0.2, 0.25) is 5.02 Å².